The quantitative estimate of drug-likeness (QED) is 0.140. The summed E-state index contributed by atoms with van der Waals surface area (Å²) in [6.45, 7) is 0.134. The number of aliphatic hydroxyl groups excluding tert-OH is 4. The second-order valence-electron chi connectivity index (χ2n) is 9.65. The largest absolute Gasteiger partial charge is 0.462 e. The van der Waals surface area contributed by atoms with Crippen LogP contribution in [0.25, 0.3) is 11.3 Å². The van der Waals surface area contributed by atoms with E-state index in [0.717, 1.165) is 24.8 Å². The summed E-state index contributed by atoms with van der Waals surface area (Å²) in [5, 5.41) is 50.3. The molecule has 0 bridgehead atoms. The second-order valence-corrected chi connectivity index (χ2v) is 9.65. The number of nitrogens with one attached hydrogen (secondary N) is 1. The Kier molecular flexibility index (Phi) is 10.0. The van der Waals surface area contributed by atoms with Gasteiger partial charge in [0, 0.05) is 18.5 Å². The van der Waals surface area contributed by atoms with E-state index in [-0.39, 0.29) is 11.6 Å². The third kappa shape index (κ3) is 7.52. The lowest BCUT2D eigenvalue weighted by Crippen LogP contribution is -2.60. The van der Waals surface area contributed by atoms with E-state index in [9.17, 15) is 29.6 Å². The molecule has 2 heterocycles. The Bertz CT molecular complexity index is 1260. The molecule has 1 fully saturated rings. The van der Waals surface area contributed by atoms with Crippen molar-refractivity contribution >= 4 is 17.3 Å². The first-order valence-corrected chi connectivity index (χ1v) is 13.1. The first kappa shape index (κ1) is 29.4. The highest BCUT2D eigenvalue weighted by Crippen LogP contribution is 2.26. The van der Waals surface area contributed by atoms with Crippen molar-refractivity contribution in [3.8, 4) is 17.0 Å². The molecule has 1 saturated heterocycles. The highest BCUT2D eigenvalue weighted by Gasteiger charge is 2.44. The number of nitrogens with two attached hydrogens (primary N) is 1. The maximum absolute atomic E-state index is 13.1. The fourth-order valence-electron chi connectivity index (χ4n) is 4.32. The van der Waals surface area contributed by atoms with Gasteiger partial charge in [0.05, 0.1) is 24.2 Å². The molecule has 0 spiro atoms. The molecule has 5 atom stereocenters. The number of benzene rings is 2. The van der Waals surface area contributed by atoms with E-state index in [4.69, 9.17) is 15.2 Å². The van der Waals surface area contributed by atoms with Gasteiger partial charge in [-0.3, -0.25) is 9.48 Å². The summed E-state index contributed by atoms with van der Waals surface area (Å²) in [4.78, 5) is 12.1. The molecular formula is C27H34FN5O7. The van der Waals surface area contributed by atoms with Gasteiger partial charge in [-0.25, -0.2) is 4.39 Å². The number of halogens is 1. The van der Waals surface area contributed by atoms with Gasteiger partial charge in [0.25, 0.3) is 0 Å². The molecule has 7 N–H and O–H groups in total. The Morgan fingerprint density at radius 1 is 1.05 bits per heavy atom. The van der Waals surface area contributed by atoms with Gasteiger partial charge < -0.3 is 41.0 Å². The highest BCUT2D eigenvalue weighted by molar-refractivity contribution is 5.93. The lowest BCUT2D eigenvalue weighted by molar-refractivity contribution is -0.277. The molecule has 0 aliphatic carbocycles. The molecule has 0 radical (unpaired) electrons. The van der Waals surface area contributed by atoms with E-state index in [1.165, 1.54) is 18.2 Å². The summed E-state index contributed by atoms with van der Waals surface area (Å²) in [5.41, 5.74) is 7.77. The zero-order valence-corrected chi connectivity index (χ0v) is 21.8. The van der Waals surface area contributed by atoms with Crippen LogP contribution in [0.4, 0.5) is 15.8 Å². The number of carbonyl (C=O) groups is 1. The van der Waals surface area contributed by atoms with Gasteiger partial charge in [0.15, 0.2) is 0 Å². The van der Waals surface area contributed by atoms with Crippen LogP contribution in [-0.2, 0) is 16.1 Å². The minimum Gasteiger partial charge on any atom is -0.462 e. The predicted molar refractivity (Wildman–Crippen MR) is 142 cm³/mol. The van der Waals surface area contributed by atoms with Crippen LogP contribution in [0.3, 0.4) is 0 Å². The van der Waals surface area contributed by atoms with Crippen LogP contribution in [0.15, 0.2) is 48.7 Å². The maximum Gasteiger partial charge on any atom is 0.229 e. The van der Waals surface area contributed by atoms with Gasteiger partial charge >= 0.3 is 0 Å². The normalized spacial score (nSPS) is 22.7. The summed E-state index contributed by atoms with van der Waals surface area (Å²) in [6.07, 6.45) is -1.24. The number of unbranched alkanes of at least 4 members (excludes halogenated alkanes) is 3. The molecule has 0 unspecified atom stereocenters. The third-order valence-electron chi connectivity index (χ3n) is 6.62. The highest BCUT2D eigenvalue weighted by atomic mass is 19.1. The second kappa shape index (κ2) is 13.6. The van der Waals surface area contributed by atoms with Crippen molar-refractivity contribution in [1.29, 1.82) is 0 Å². The molecule has 40 heavy (non-hydrogen) atoms. The number of anilines is 2. The average Bonchev–Trinajstić information content (AvgIpc) is 3.42. The molecule has 0 saturated carbocycles. The zero-order chi connectivity index (χ0) is 28.6. The number of aromatic nitrogens is 3. The smallest absolute Gasteiger partial charge is 0.229 e. The van der Waals surface area contributed by atoms with Gasteiger partial charge in [0.2, 0.25) is 12.2 Å². The fraction of sp³-hybridized carbons (Fsp3) is 0.444. The molecule has 13 heteroatoms. The lowest BCUT2D eigenvalue weighted by Gasteiger charge is -2.39. The summed E-state index contributed by atoms with van der Waals surface area (Å²) < 4.78 is 25.8. The predicted octanol–water partition coefficient (Wildman–Crippen LogP) is 1.43. The average molecular weight is 560 g/mol. The Hall–Kier alpha value is -3.62. The van der Waals surface area contributed by atoms with Crippen molar-refractivity contribution < 1.29 is 39.1 Å². The Balaban J connectivity index is 1.17. The van der Waals surface area contributed by atoms with Crippen LogP contribution < -0.4 is 15.8 Å². The number of hydrogen-bond donors (Lipinski definition) is 6. The summed E-state index contributed by atoms with van der Waals surface area (Å²) >= 11 is 0. The van der Waals surface area contributed by atoms with Gasteiger partial charge in [-0.05, 0) is 55.3 Å². The molecule has 1 amide bonds. The van der Waals surface area contributed by atoms with Crippen molar-refractivity contribution in [2.45, 2.75) is 69.4 Å². The van der Waals surface area contributed by atoms with Gasteiger partial charge in [-0.2, -0.15) is 0 Å². The van der Waals surface area contributed by atoms with Crippen molar-refractivity contribution in [1.82, 2.24) is 15.0 Å². The minimum absolute atomic E-state index is 0.163. The van der Waals surface area contributed by atoms with Crippen molar-refractivity contribution in [3.05, 3.63) is 54.5 Å². The first-order valence-electron chi connectivity index (χ1n) is 13.1. The number of amides is 1. The zero-order valence-electron chi connectivity index (χ0n) is 21.8. The van der Waals surface area contributed by atoms with Gasteiger partial charge in [0.1, 0.15) is 41.7 Å². The SMILES string of the molecule is Nc1cc(F)ccc1NC(=O)CCCCCCn1cc(-c2ccc(O[C@H]3O[C@H](CO)[C@@H](O)[C@H](O)[C@H]3O)cc2)nn1. The van der Waals surface area contributed by atoms with Gasteiger partial charge in [-0.15, -0.1) is 5.10 Å². The van der Waals surface area contributed by atoms with Crippen molar-refractivity contribution in [3.63, 3.8) is 0 Å². The van der Waals surface area contributed by atoms with E-state index in [2.05, 4.69) is 15.6 Å². The number of nitrogen functional groups attached to an aromatic ring is 1. The first-order chi connectivity index (χ1) is 19.2. The third-order valence-corrected chi connectivity index (χ3v) is 6.62. The minimum atomic E-state index is -1.52. The van der Waals surface area contributed by atoms with Crippen LogP contribution in [0.5, 0.6) is 5.75 Å². The standard InChI is InChI=1S/C27H34FN5O7/c28-17-8-11-20(19(29)13-17)30-23(35)5-3-1-2-4-12-33-14-21(31-32-33)16-6-9-18(10-7-16)39-27-26(38)25(37)24(36)22(15-34)40-27/h6-11,13-14,22,24-27,34,36-38H,1-5,12,15,29H2,(H,30,35)/t22-,24-,25+,26-,27+/m1/s1. The summed E-state index contributed by atoms with van der Waals surface area (Å²) in [5.74, 6) is -0.258. The van der Waals surface area contributed by atoms with Crippen LogP contribution in [-0.4, -0.2) is 78.6 Å². The van der Waals surface area contributed by atoms with E-state index < -0.39 is 43.1 Å². The van der Waals surface area contributed by atoms with Crippen LogP contribution >= 0.6 is 0 Å². The van der Waals surface area contributed by atoms with Crippen molar-refractivity contribution in [2.24, 2.45) is 0 Å². The molecule has 1 aliphatic rings. The molecule has 216 valence electrons. The molecule has 1 aliphatic heterocycles. The topological polar surface area (TPSA) is 185 Å². The molecule has 3 aromatic rings. The molecular weight excluding hydrogens is 525 g/mol. The lowest BCUT2D eigenvalue weighted by atomic mass is 9.99. The summed E-state index contributed by atoms with van der Waals surface area (Å²) in [6, 6.07) is 10.7. The van der Waals surface area contributed by atoms with Crippen LogP contribution in [0.2, 0.25) is 0 Å². The van der Waals surface area contributed by atoms with E-state index >= 15 is 0 Å². The van der Waals surface area contributed by atoms with Crippen molar-refractivity contribution in [2.75, 3.05) is 17.7 Å². The van der Waals surface area contributed by atoms with E-state index in [1.807, 2.05) is 6.20 Å². The number of carbonyl (C=O) groups excluding carboxylic acids is 1. The summed E-state index contributed by atoms with van der Waals surface area (Å²) in [7, 11) is 0. The molecule has 4 rings (SSSR count). The number of nitrogens with zero attached hydrogens (tertiary/aromatic N) is 3. The fourth-order valence-corrected chi connectivity index (χ4v) is 4.32. The number of hydrogen-bond acceptors (Lipinski definition) is 10. The van der Waals surface area contributed by atoms with Crippen LogP contribution in [0.1, 0.15) is 32.1 Å². The Morgan fingerprint density at radius 3 is 2.52 bits per heavy atom. The van der Waals surface area contributed by atoms with E-state index in [0.29, 0.717) is 36.5 Å². The van der Waals surface area contributed by atoms with E-state index in [1.54, 1.807) is 28.9 Å². The number of ether oxygens (including phenoxy) is 2. The Labute approximate surface area is 230 Å². The molecule has 1 aromatic heterocycles. The number of rotatable bonds is 12. The molecule has 2 aromatic carbocycles. The monoisotopic (exact) mass is 559 g/mol. The van der Waals surface area contributed by atoms with Gasteiger partial charge in [-0.1, -0.05) is 18.1 Å². The molecule has 12 nitrogen and oxygen atoms in total. The number of aryl methyl sites for hydroxylation is 1. The maximum atomic E-state index is 13.1. The van der Waals surface area contributed by atoms with Crippen LogP contribution in [0, 0.1) is 5.82 Å². The Morgan fingerprint density at radius 2 is 1.80 bits per heavy atom. The number of aliphatic hydroxyl groups is 4.